The highest BCUT2D eigenvalue weighted by Gasteiger charge is 2.11. The number of nitrogens with zero attached hydrogens (tertiary/aromatic N) is 2. The lowest BCUT2D eigenvalue weighted by atomic mass is 10.1. The van der Waals surface area contributed by atoms with E-state index in [4.69, 9.17) is 25.8 Å². The molecule has 6 aromatic rings. The Bertz CT molecular complexity index is 2070. The van der Waals surface area contributed by atoms with E-state index < -0.39 is 0 Å². The number of benzene rings is 5. The summed E-state index contributed by atoms with van der Waals surface area (Å²) >= 11 is 7.81. The van der Waals surface area contributed by atoms with Gasteiger partial charge in [-0.15, -0.1) is 11.3 Å². The number of aromatic nitrogens is 1. The van der Waals surface area contributed by atoms with Crippen molar-refractivity contribution in [1.29, 1.82) is 0 Å². The lowest BCUT2D eigenvalue weighted by molar-refractivity contribution is 0.0955. The summed E-state index contributed by atoms with van der Waals surface area (Å²) in [7, 11) is 0. The van der Waals surface area contributed by atoms with E-state index in [0.717, 1.165) is 33.2 Å². The number of nitrogens with one attached hydrogen (secondary N) is 2. The minimum Gasteiger partial charge on any atom is -0.490 e. The van der Waals surface area contributed by atoms with Gasteiger partial charge in [0.2, 0.25) is 0 Å². The van der Waals surface area contributed by atoms with Crippen molar-refractivity contribution < 1.29 is 19.0 Å². The second kappa shape index (κ2) is 16.6. The molecule has 0 bridgehead atoms. The van der Waals surface area contributed by atoms with Gasteiger partial charge in [0.05, 0.1) is 18.5 Å². The van der Waals surface area contributed by atoms with Gasteiger partial charge in [0.25, 0.3) is 5.91 Å². The first kappa shape index (κ1) is 34.2. The van der Waals surface area contributed by atoms with Crippen molar-refractivity contribution in [3.8, 4) is 28.5 Å². The van der Waals surface area contributed by atoms with Crippen LogP contribution in [0.25, 0.3) is 11.3 Å². The molecule has 1 heterocycles. The number of hydrazone groups is 1. The maximum Gasteiger partial charge on any atom is 0.271 e. The second-order valence-electron chi connectivity index (χ2n) is 11.3. The fourth-order valence-corrected chi connectivity index (χ4v) is 5.84. The van der Waals surface area contributed by atoms with Crippen LogP contribution in [-0.2, 0) is 13.2 Å². The molecule has 50 heavy (non-hydrogen) atoms. The largest absolute Gasteiger partial charge is 0.490 e. The molecule has 2 N–H and O–H groups in total. The minimum atomic E-state index is -0.352. The summed E-state index contributed by atoms with van der Waals surface area (Å²) in [6.07, 6.45) is 1.51. The zero-order valence-electron chi connectivity index (χ0n) is 27.6. The average molecular weight is 703 g/mol. The first-order valence-corrected chi connectivity index (χ1v) is 17.3. The van der Waals surface area contributed by atoms with Gasteiger partial charge < -0.3 is 19.5 Å². The number of ether oxygens (including phenoxy) is 3. The van der Waals surface area contributed by atoms with Crippen molar-refractivity contribution in [2.45, 2.75) is 27.1 Å². The zero-order valence-corrected chi connectivity index (χ0v) is 29.1. The number of amides is 1. The number of anilines is 2. The molecule has 0 fully saturated rings. The normalized spacial score (nSPS) is 10.9. The Morgan fingerprint density at radius 3 is 2.34 bits per heavy atom. The number of halogens is 1. The summed E-state index contributed by atoms with van der Waals surface area (Å²) in [4.78, 5) is 17.6. The summed E-state index contributed by atoms with van der Waals surface area (Å²) < 4.78 is 18.0. The summed E-state index contributed by atoms with van der Waals surface area (Å²) in [5.74, 6) is 1.51. The van der Waals surface area contributed by atoms with Crippen molar-refractivity contribution >= 4 is 45.9 Å². The SMILES string of the molecule is CCOc1cc(COc2ccc(Cl)cc2/C=N/NC(=O)c2ccc(-c3csc(Nc4ccc(C)cc4)n3)cc2)ccc1OCc1ccccc1. The molecule has 0 saturated heterocycles. The van der Waals surface area contributed by atoms with Crippen LogP contribution in [-0.4, -0.2) is 23.7 Å². The Kier molecular flexibility index (Phi) is 11.4. The quantitative estimate of drug-likeness (QED) is 0.0867. The van der Waals surface area contributed by atoms with Gasteiger partial charge in [-0.1, -0.05) is 77.8 Å². The topological polar surface area (TPSA) is 94.1 Å². The van der Waals surface area contributed by atoms with E-state index in [1.165, 1.54) is 23.1 Å². The fourth-order valence-electron chi connectivity index (χ4n) is 4.92. The maximum absolute atomic E-state index is 12.9. The standard InChI is InChI=1S/C40H35ClN4O4S/c1-3-47-38-21-29(11-19-37(38)49-24-28-7-5-4-6-8-28)25-48-36-20-16-33(41)22-32(36)23-42-45-39(46)31-14-12-30(13-15-31)35-26-50-40(44-35)43-34-17-9-27(2)10-18-34/h4-23,26H,3,24-25H2,1-2H3,(H,43,44)(H,45,46)/b42-23+. The monoisotopic (exact) mass is 702 g/mol. The molecule has 1 aromatic heterocycles. The van der Waals surface area contributed by atoms with E-state index in [0.29, 0.717) is 46.6 Å². The number of aryl methyl sites for hydroxylation is 1. The zero-order chi connectivity index (χ0) is 34.7. The van der Waals surface area contributed by atoms with Gasteiger partial charge in [0.15, 0.2) is 16.6 Å². The Hall–Kier alpha value is -5.64. The molecule has 0 aliphatic heterocycles. The van der Waals surface area contributed by atoms with Gasteiger partial charge in [-0.3, -0.25) is 4.79 Å². The van der Waals surface area contributed by atoms with Crippen molar-refractivity contribution in [2.75, 3.05) is 11.9 Å². The molecule has 252 valence electrons. The Labute approximate surface area is 300 Å². The molecule has 1 amide bonds. The number of rotatable bonds is 14. The highest BCUT2D eigenvalue weighted by molar-refractivity contribution is 7.14. The van der Waals surface area contributed by atoms with Crippen LogP contribution in [0, 0.1) is 6.92 Å². The number of hydrogen-bond donors (Lipinski definition) is 2. The molecule has 0 spiro atoms. The Morgan fingerprint density at radius 1 is 0.820 bits per heavy atom. The van der Waals surface area contributed by atoms with Crippen molar-refractivity contribution in [1.82, 2.24) is 10.4 Å². The first-order chi connectivity index (χ1) is 24.4. The molecule has 6 rings (SSSR count). The van der Waals surface area contributed by atoms with Gasteiger partial charge in [0.1, 0.15) is 19.0 Å². The lowest BCUT2D eigenvalue weighted by Gasteiger charge is -2.14. The van der Waals surface area contributed by atoms with Crippen molar-refractivity contribution in [3.05, 3.63) is 153 Å². The lowest BCUT2D eigenvalue weighted by Crippen LogP contribution is -2.17. The number of carbonyl (C=O) groups excluding carboxylic acids is 1. The van der Waals surface area contributed by atoms with Crippen LogP contribution in [0.1, 0.15) is 39.5 Å². The average Bonchev–Trinajstić information content (AvgIpc) is 3.61. The number of carbonyl (C=O) groups is 1. The van der Waals surface area contributed by atoms with E-state index in [-0.39, 0.29) is 12.5 Å². The van der Waals surface area contributed by atoms with Gasteiger partial charge in [-0.2, -0.15) is 5.10 Å². The molecule has 0 aliphatic carbocycles. The molecule has 5 aromatic carbocycles. The predicted octanol–water partition coefficient (Wildman–Crippen LogP) is 9.84. The summed E-state index contributed by atoms with van der Waals surface area (Å²) in [6, 6.07) is 36.3. The minimum absolute atomic E-state index is 0.267. The van der Waals surface area contributed by atoms with E-state index in [9.17, 15) is 4.79 Å². The van der Waals surface area contributed by atoms with Crippen LogP contribution >= 0.6 is 22.9 Å². The van der Waals surface area contributed by atoms with Gasteiger partial charge >= 0.3 is 0 Å². The molecule has 0 saturated carbocycles. The number of hydrogen-bond acceptors (Lipinski definition) is 8. The summed E-state index contributed by atoms with van der Waals surface area (Å²) in [5, 5.41) is 10.8. The first-order valence-electron chi connectivity index (χ1n) is 16.0. The van der Waals surface area contributed by atoms with E-state index in [1.54, 1.807) is 30.3 Å². The predicted molar refractivity (Wildman–Crippen MR) is 201 cm³/mol. The van der Waals surface area contributed by atoms with Crippen LogP contribution < -0.4 is 25.0 Å². The molecule has 8 nitrogen and oxygen atoms in total. The second-order valence-corrected chi connectivity index (χ2v) is 12.6. The molecular weight excluding hydrogens is 668 g/mol. The van der Waals surface area contributed by atoms with Crippen LogP contribution in [0.5, 0.6) is 17.2 Å². The van der Waals surface area contributed by atoms with Crippen LogP contribution in [0.4, 0.5) is 10.8 Å². The summed E-state index contributed by atoms with van der Waals surface area (Å²) in [5.41, 5.74) is 9.54. The summed E-state index contributed by atoms with van der Waals surface area (Å²) in [6.45, 7) is 5.19. The smallest absolute Gasteiger partial charge is 0.271 e. The van der Waals surface area contributed by atoms with E-state index in [2.05, 4.69) is 39.9 Å². The van der Waals surface area contributed by atoms with Gasteiger partial charge in [-0.05, 0) is 79.6 Å². The number of thiazole rings is 1. The highest BCUT2D eigenvalue weighted by Crippen LogP contribution is 2.31. The molecule has 0 unspecified atom stereocenters. The fraction of sp³-hybridized carbons (Fsp3) is 0.125. The maximum atomic E-state index is 12.9. The third kappa shape index (κ3) is 9.28. The van der Waals surface area contributed by atoms with Crippen LogP contribution in [0.3, 0.4) is 0 Å². The van der Waals surface area contributed by atoms with Crippen molar-refractivity contribution in [2.24, 2.45) is 5.10 Å². The molecule has 10 heteroatoms. The molecule has 0 radical (unpaired) electrons. The van der Waals surface area contributed by atoms with Crippen LogP contribution in [0.2, 0.25) is 5.02 Å². The third-order valence-corrected chi connectivity index (χ3v) is 8.52. The molecule has 0 atom stereocenters. The third-order valence-electron chi connectivity index (χ3n) is 7.53. The van der Waals surface area contributed by atoms with Crippen molar-refractivity contribution in [3.63, 3.8) is 0 Å². The molecule has 0 aliphatic rings. The van der Waals surface area contributed by atoms with E-state index >= 15 is 0 Å². The Morgan fingerprint density at radius 2 is 1.56 bits per heavy atom. The van der Waals surface area contributed by atoms with Gasteiger partial charge in [-0.25, -0.2) is 10.4 Å². The van der Waals surface area contributed by atoms with Crippen LogP contribution in [0.15, 0.2) is 126 Å². The molecular formula is C40H35ClN4O4S. The van der Waals surface area contributed by atoms with Gasteiger partial charge in [0, 0.05) is 32.8 Å². The Balaban J connectivity index is 1.05. The highest BCUT2D eigenvalue weighted by atomic mass is 35.5. The van der Waals surface area contributed by atoms with E-state index in [1.807, 2.05) is 85.1 Å².